The van der Waals surface area contributed by atoms with E-state index in [4.69, 9.17) is 10.6 Å². The van der Waals surface area contributed by atoms with Crippen molar-refractivity contribution in [1.29, 1.82) is 0 Å². The van der Waals surface area contributed by atoms with Crippen LogP contribution in [-0.2, 0) is 4.74 Å². The van der Waals surface area contributed by atoms with Gasteiger partial charge >= 0.3 is 0 Å². The van der Waals surface area contributed by atoms with E-state index in [1.54, 1.807) is 0 Å². The first-order chi connectivity index (χ1) is 6.79. The molecule has 1 saturated heterocycles. The fourth-order valence-corrected chi connectivity index (χ4v) is 2.06. The highest BCUT2D eigenvalue weighted by atomic mass is 16.5. The van der Waals surface area contributed by atoms with Gasteiger partial charge in [0, 0.05) is 12.6 Å². The molecule has 0 aliphatic carbocycles. The number of unbranched alkanes of at least 4 members (excludes halogenated alkanes) is 1. The molecule has 0 aromatic rings. The zero-order valence-electron chi connectivity index (χ0n) is 9.04. The minimum absolute atomic E-state index is 0.296. The molecule has 14 heavy (non-hydrogen) atoms. The van der Waals surface area contributed by atoms with Gasteiger partial charge in [-0.15, -0.1) is 6.58 Å². The Morgan fingerprint density at radius 3 is 3.00 bits per heavy atom. The summed E-state index contributed by atoms with van der Waals surface area (Å²) < 4.78 is 5.68. The number of hydrazine groups is 1. The largest absolute Gasteiger partial charge is 0.376 e. The van der Waals surface area contributed by atoms with Crippen LogP contribution in [0.25, 0.3) is 0 Å². The zero-order chi connectivity index (χ0) is 10.4. The molecule has 0 aromatic carbocycles. The van der Waals surface area contributed by atoms with Gasteiger partial charge in [0.2, 0.25) is 0 Å². The molecule has 0 aromatic heterocycles. The second-order valence-electron chi connectivity index (χ2n) is 4.09. The molecular formula is C11H22N2O. The summed E-state index contributed by atoms with van der Waals surface area (Å²) in [5, 5.41) is 0. The van der Waals surface area contributed by atoms with E-state index in [1.807, 2.05) is 6.08 Å². The molecule has 82 valence electrons. The van der Waals surface area contributed by atoms with Crippen molar-refractivity contribution < 1.29 is 4.74 Å². The van der Waals surface area contributed by atoms with E-state index in [1.165, 1.54) is 0 Å². The lowest BCUT2D eigenvalue weighted by atomic mass is 9.94. The van der Waals surface area contributed by atoms with Crippen molar-refractivity contribution in [1.82, 2.24) is 5.43 Å². The van der Waals surface area contributed by atoms with Crippen molar-refractivity contribution >= 4 is 0 Å². The third-order valence-corrected chi connectivity index (χ3v) is 2.98. The van der Waals surface area contributed by atoms with E-state index in [0.717, 1.165) is 32.3 Å². The molecule has 3 nitrogen and oxygen atoms in total. The topological polar surface area (TPSA) is 47.3 Å². The van der Waals surface area contributed by atoms with Gasteiger partial charge in [-0.25, -0.2) is 0 Å². The Labute approximate surface area is 86.7 Å². The fourth-order valence-electron chi connectivity index (χ4n) is 2.06. The second-order valence-corrected chi connectivity index (χ2v) is 4.09. The summed E-state index contributed by atoms with van der Waals surface area (Å²) in [4.78, 5) is 0. The van der Waals surface area contributed by atoms with Gasteiger partial charge in [0.1, 0.15) is 0 Å². The maximum atomic E-state index is 5.68. The SMILES string of the molecule is C=CCCCC(NN)C1OCCC1C. The monoisotopic (exact) mass is 198 g/mol. The number of ether oxygens (including phenoxy) is 1. The van der Waals surface area contributed by atoms with Crippen LogP contribution in [-0.4, -0.2) is 18.8 Å². The average Bonchev–Trinajstić information content (AvgIpc) is 2.60. The molecule has 3 atom stereocenters. The smallest absolute Gasteiger partial charge is 0.0767 e. The van der Waals surface area contributed by atoms with Gasteiger partial charge in [-0.05, 0) is 31.6 Å². The van der Waals surface area contributed by atoms with E-state index in [0.29, 0.717) is 18.1 Å². The van der Waals surface area contributed by atoms with Crippen LogP contribution >= 0.6 is 0 Å². The van der Waals surface area contributed by atoms with Crippen LogP contribution < -0.4 is 11.3 Å². The summed E-state index contributed by atoms with van der Waals surface area (Å²) in [5.74, 6) is 6.17. The molecule has 1 aliphatic rings. The molecule has 0 saturated carbocycles. The number of allylic oxidation sites excluding steroid dienone is 1. The third kappa shape index (κ3) is 3.08. The van der Waals surface area contributed by atoms with Crippen LogP contribution in [0.1, 0.15) is 32.6 Å². The number of rotatable bonds is 6. The molecule has 0 amide bonds. The maximum Gasteiger partial charge on any atom is 0.0767 e. The lowest BCUT2D eigenvalue weighted by molar-refractivity contribution is 0.0577. The average molecular weight is 198 g/mol. The van der Waals surface area contributed by atoms with Gasteiger partial charge in [-0.2, -0.15) is 0 Å². The minimum atomic E-state index is 0.296. The second kappa shape index (κ2) is 6.17. The molecule has 0 radical (unpaired) electrons. The highest BCUT2D eigenvalue weighted by Gasteiger charge is 2.30. The number of hydrogen-bond acceptors (Lipinski definition) is 3. The number of nitrogens with one attached hydrogen (secondary N) is 1. The van der Waals surface area contributed by atoms with E-state index in [2.05, 4.69) is 18.9 Å². The van der Waals surface area contributed by atoms with Crippen LogP contribution in [0.15, 0.2) is 12.7 Å². The fraction of sp³-hybridized carbons (Fsp3) is 0.818. The van der Waals surface area contributed by atoms with Crippen LogP contribution in [0.2, 0.25) is 0 Å². The Hall–Kier alpha value is -0.380. The predicted molar refractivity (Wildman–Crippen MR) is 58.7 cm³/mol. The Kier molecular flexibility index (Phi) is 5.15. The maximum absolute atomic E-state index is 5.68. The third-order valence-electron chi connectivity index (χ3n) is 2.98. The first kappa shape index (κ1) is 11.7. The highest BCUT2D eigenvalue weighted by Crippen LogP contribution is 2.24. The van der Waals surface area contributed by atoms with Crippen molar-refractivity contribution in [3.8, 4) is 0 Å². The molecule has 3 heteroatoms. The molecule has 0 spiro atoms. The lowest BCUT2D eigenvalue weighted by Gasteiger charge is -2.25. The van der Waals surface area contributed by atoms with Gasteiger partial charge in [0.25, 0.3) is 0 Å². The van der Waals surface area contributed by atoms with Gasteiger partial charge in [0.05, 0.1) is 6.10 Å². The van der Waals surface area contributed by atoms with Gasteiger partial charge < -0.3 is 4.74 Å². The number of nitrogens with two attached hydrogens (primary N) is 1. The predicted octanol–water partition coefficient (Wildman–Crippen LogP) is 1.60. The summed E-state index contributed by atoms with van der Waals surface area (Å²) in [6.45, 7) is 6.83. The Morgan fingerprint density at radius 1 is 1.71 bits per heavy atom. The van der Waals surface area contributed by atoms with E-state index < -0.39 is 0 Å². The van der Waals surface area contributed by atoms with E-state index >= 15 is 0 Å². The van der Waals surface area contributed by atoms with Crippen LogP contribution in [0.4, 0.5) is 0 Å². The van der Waals surface area contributed by atoms with Gasteiger partial charge in [-0.3, -0.25) is 11.3 Å². The Morgan fingerprint density at radius 2 is 2.50 bits per heavy atom. The van der Waals surface area contributed by atoms with E-state index in [-0.39, 0.29) is 0 Å². The van der Waals surface area contributed by atoms with Crippen molar-refractivity contribution in [3.05, 3.63) is 12.7 Å². The Balaban J connectivity index is 2.32. The van der Waals surface area contributed by atoms with Gasteiger partial charge in [-0.1, -0.05) is 13.0 Å². The minimum Gasteiger partial charge on any atom is -0.376 e. The molecule has 1 aliphatic heterocycles. The Bertz CT molecular complexity index is 173. The van der Waals surface area contributed by atoms with Crippen molar-refractivity contribution in [2.45, 2.75) is 44.8 Å². The summed E-state index contributed by atoms with van der Waals surface area (Å²) in [6, 6.07) is 0.299. The summed E-state index contributed by atoms with van der Waals surface area (Å²) >= 11 is 0. The summed E-state index contributed by atoms with van der Waals surface area (Å²) in [6.07, 6.45) is 6.66. The molecule has 1 rings (SSSR count). The molecule has 3 unspecified atom stereocenters. The normalized spacial score (nSPS) is 29.0. The zero-order valence-corrected chi connectivity index (χ0v) is 9.04. The first-order valence-corrected chi connectivity index (χ1v) is 5.48. The molecule has 1 heterocycles. The highest BCUT2D eigenvalue weighted by molar-refractivity contribution is 4.84. The van der Waals surface area contributed by atoms with Crippen molar-refractivity contribution in [2.75, 3.05) is 6.61 Å². The van der Waals surface area contributed by atoms with E-state index in [9.17, 15) is 0 Å². The summed E-state index contributed by atoms with van der Waals surface area (Å²) in [5.41, 5.74) is 2.87. The van der Waals surface area contributed by atoms with Gasteiger partial charge in [0.15, 0.2) is 0 Å². The first-order valence-electron chi connectivity index (χ1n) is 5.48. The van der Waals surface area contributed by atoms with Crippen LogP contribution in [0.5, 0.6) is 0 Å². The molecule has 1 fully saturated rings. The van der Waals surface area contributed by atoms with Crippen molar-refractivity contribution in [2.24, 2.45) is 11.8 Å². The summed E-state index contributed by atoms with van der Waals surface area (Å²) in [7, 11) is 0. The molecular weight excluding hydrogens is 176 g/mol. The van der Waals surface area contributed by atoms with Crippen LogP contribution in [0, 0.1) is 5.92 Å². The standard InChI is InChI=1S/C11H22N2O/c1-3-4-5-6-10(13-12)11-9(2)7-8-14-11/h3,9-11,13H,1,4-8,12H2,2H3. The number of hydrogen-bond donors (Lipinski definition) is 2. The molecule has 3 N–H and O–H groups in total. The lowest BCUT2D eigenvalue weighted by Crippen LogP contribution is -2.45. The molecule has 0 bridgehead atoms. The quantitative estimate of drug-likeness (QED) is 0.295. The van der Waals surface area contributed by atoms with Crippen molar-refractivity contribution in [3.63, 3.8) is 0 Å². The van der Waals surface area contributed by atoms with Crippen LogP contribution in [0.3, 0.4) is 0 Å².